The number of hydrogen-bond donors (Lipinski definition) is 2. The Hall–Kier alpha value is -2.35. The predicted octanol–water partition coefficient (Wildman–Crippen LogP) is 3.53. The van der Waals surface area contributed by atoms with Crippen molar-refractivity contribution in [2.24, 2.45) is 0 Å². The molecule has 0 radical (unpaired) electrons. The van der Waals surface area contributed by atoms with Crippen molar-refractivity contribution in [1.29, 1.82) is 0 Å². The van der Waals surface area contributed by atoms with E-state index < -0.39 is 5.54 Å². The number of nitrogens with zero attached hydrogens (tertiary/aromatic N) is 1. The third-order valence-corrected chi connectivity index (χ3v) is 5.01. The first-order valence-corrected chi connectivity index (χ1v) is 8.97. The van der Waals surface area contributed by atoms with Crippen LogP contribution in [0.15, 0.2) is 48.5 Å². The van der Waals surface area contributed by atoms with Crippen LogP contribution in [0.4, 0.5) is 9.52 Å². The zero-order valence-corrected chi connectivity index (χ0v) is 15.4. The minimum atomic E-state index is -0.496. The Labute approximate surface area is 155 Å². The van der Waals surface area contributed by atoms with Crippen LogP contribution in [-0.4, -0.2) is 31.2 Å². The van der Waals surface area contributed by atoms with E-state index in [4.69, 9.17) is 4.74 Å². The van der Waals surface area contributed by atoms with E-state index in [1.165, 1.54) is 23.5 Å². The average molecular weight is 373 g/mol. The van der Waals surface area contributed by atoms with Gasteiger partial charge in [0, 0.05) is 7.11 Å². The van der Waals surface area contributed by atoms with Gasteiger partial charge < -0.3 is 10.1 Å². The monoisotopic (exact) mass is 373 g/mol. The van der Waals surface area contributed by atoms with E-state index in [-0.39, 0.29) is 18.3 Å². The summed E-state index contributed by atoms with van der Waals surface area (Å²) in [5, 5.41) is 6.47. The van der Waals surface area contributed by atoms with Gasteiger partial charge in [-0.05, 0) is 30.7 Å². The molecule has 1 aromatic heterocycles. The van der Waals surface area contributed by atoms with E-state index in [0.29, 0.717) is 22.0 Å². The van der Waals surface area contributed by atoms with Gasteiger partial charge in [-0.25, -0.2) is 9.37 Å². The van der Waals surface area contributed by atoms with Gasteiger partial charge in [0.1, 0.15) is 5.82 Å². The number of rotatable bonds is 7. The molecule has 26 heavy (non-hydrogen) atoms. The fraction of sp³-hybridized carbons (Fsp3) is 0.263. The van der Waals surface area contributed by atoms with Gasteiger partial charge in [-0.2, -0.15) is 0 Å². The second-order valence-corrected chi connectivity index (χ2v) is 7.19. The van der Waals surface area contributed by atoms with Crippen molar-refractivity contribution in [2.75, 3.05) is 25.6 Å². The van der Waals surface area contributed by atoms with Gasteiger partial charge in [0.2, 0.25) is 5.91 Å². The zero-order chi connectivity index (χ0) is 18.6. The second kappa shape index (κ2) is 7.90. The van der Waals surface area contributed by atoms with Crippen molar-refractivity contribution in [3.8, 4) is 0 Å². The Kier molecular flexibility index (Phi) is 5.61. The smallest absolute Gasteiger partial charge is 0.240 e. The van der Waals surface area contributed by atoms with Gasteiger partial charge >= 0.3 is 0 Å². The normalized spacial score (nSPS) is 13.5. The Morgan fingerprint density at radius 2 is 2.04 bits per heavy atom. The summed E-state index contributed by atoms with van der Waals surface area (Å²) in [5.74, 6) is -0.540. The van der Waals surface area contributed by atoms with Gasteiger partial charge in [0.05, 0.1) is 28.9 Å². The highest BCUT2D eigenvalue weighted by atomic mass is 32.1. The number of thiazole rings is 1. The number of aromatic nitrogens is 1. The van der Waals surface area contributed by atoms with Crippen molar-refractivity contribution < 1.29 is 13.9 Å². The maximum Gasteiger partial charge on any atom is 0.240 e. The first-order valence-electron chi connectivity index (χ1n) is 8.15. The second-order valence-electron chi connectivity index (χ2n) is 6.16. The molecular formula is C19H20FN3O2S. The lowest BCUT2D eigenvalue weighted by molar-refractivity contribution is -0.115. The number of methoxy groups -OCH3 is 1. The molecule has 3 aromatic rings. The molecule has 3 rings (SSSR count). The summed E-state index contributed by atoms with van der Waals surface area (Å²) >= 11 is 1.24. The van der Waals surface area contributed by atoms with Crippen LogP contribution in [0.3, 0.4) is 0 Å². The molecule has 0 aliphatic carbocycles. The van der Waals surface area contributed by atoms with Gasteiger partial charge in [-0.1, -0.05) is 41.7 Å². The summed E-state index contributed by atoms with van der Waals surface area (Å²) in [6, 6.07) is 14.2. The van der Waals surface area contributed by atoms with E-state index in [9.17, 15) is 9.18 Å². The molecule has 0 aliphatic rings. The first-order chi connectivity index (χ1) is 12.5. The molecule has 136 valence electrons. The first kappa shape index (κ1) is 18.4. The van der Waals surface area contributed by atoms with Crippen LogP contribution in [-0.2, 0) is 15.1 Å². The van der Waals surface area contributed by atoms with Crippen LogP contribution in [0.1, 0.15) is 12.5 Å². The molecule has 7 heteroatoms. The fourth-order valence-corrected chi connectivity index (χ4v) is 3.63. The van der Waals surface area contributed by atoms with Crippen LogP contribution < -0.4 is 10.6 Å². The largest absolute Gasteiger partial charge is 0.382 e. The minimum absolute atomic E-state index is 0.0963. The Morgan fingerprint density at radius 1 is 1.27 bits per heavy atom. The van der Waals surface area contributed by atoms with E-state index in [0.717, 1.165) is 5.56 Å². The lowest BCUT2D eigenvalue weighted by atomic mass is 9.93. The standard InChI is InChI=1S/C19H20FN3O2S/c1-19(12-25-2,13-6-4-3-5-7-13)21-11-17(24)23-18-22-15-9-8-14(20)10-16(15)26-18/h3-10,21H,11-12H2,1-2H3,(H,22,23,24). The molecule has 0 saturated heterocycles. The number of nitrogens with one attached hydrogen (secondary N) is 2. The predicted molar refractivity (Wildman–Crippen MR) is 102 cm³/mol. The van der Waals surface area contributed by atoms with Gasteiger partial charge in [-0.3, -0.25) is 10.1 Å². The lowest BCUT2D eigenvalue weighted by Gasteiger charge is -2.30. The highest BCUT2D eigenvalue weighted by Crippen LogP contribution is 2.26. The zero-order valence-electron chi connectivity index (χ0n) is 14.6. The molecule has 0 fully saturated rings. The topological polar surface area (TPSA) is 63.2 Å². The summed E-state index contributed by atoms with van der Waals surface area (Å²) in [7, 11) is 1.63. The van der Waals surface area contributed by atoms with Crippen molar-refractivity contribution in [1.82, 2.24) is 10.3 Å². The number of fused-ring (bicyclic) bond motifs is 1. The third-order valence-electron chi connectivity index (χ3n) is 4.08. The lowest BCUT2D eigenvalue weighted by Crippen LogP contribution is -2.46. The Bertz CT molecular complexity index is 900. The highest BCUT2D eigenvalue weighted by Gasteiger charge is 2.26. The van der Waals surface area contributed by atoms with Crippen molar-refractivity contribution in [3.05, 3.63) is 59.9 Å². The maximum absolute atomic E-state index is 13.3. The van der Waals surface area contributed by atoms with Gasteiger partial charge in [0.25, 0.3) is 0 Å². The highest BCUT2D eigenvalue weighted by molar-refractivity contribution is 7.22. The van der Waals surface area contributed by atoms with Crippen molar-refractivity contribution in [2.45, 2.75) is 12.5 Å². The molecule has 0 bridgehead atoms. The molecule has 1 amide bonds. The Morgan fingerprint density at radius 3 is 2.77 bits per heavy atom. The van der Waals surface area contributed by atoms with Crippen LogP contribution in [0.5, 0.6) is 0 Å². The summed E-state index contributed by atoms with van der Waals surface area (Å²) in [6.45, 7) is 2.50. The quantitative estimate of drug-likeness (QED) is 0.665. The summed E-state index contributed by atoms with van der Waals surface area (Å²) in [4.78, 5) is 16.6. The summed E-state index contributed by atoms with van der Waals surface area (Å²) in [5.41, 5.74) is 1.20. The molecule has 0 aliphatic heterocycles. The number of benzene rings is 2. The number of carbonyl (C=O) groups excluding carboxylic acids is 1. The maximum atomic E-state index is 13.3. The molecule has 5 nitrogen and oxygen atoms in total. The molecule has 1 unspecified atom stereocenters. The number of halogens is 1. The van der Waals surface area contributed by atoms with Crippen LogP contribution in [0.25, 0.3) is 10.2 Å². The molecular weight excluding hydrogens is 353 g/mol. The van der Waals surface area contributed by atoms with Crippen LogP contribution in [0.2, 0.25) is 0 Å². The summed E-state index contributed by atoms with van der Waals surface area (Å²) < 4.78 is 19.3. The molecule has 0 spiro atoms. The van der Waals surface area contributed by atoms with Crippen LogP contribution in [0, 0.1) is 5.82 Å². The van der Waals surface area contributed by atoms with Crippen molar-refractivity contribution in [3.63, 3.8) is 0 Å². The number of amides is 1. The van der Waals surface area contributed by atoms with Crippen LogP contribution >= 0.6 is 11.3 Å². The molecule has 1 atom stereocenters. The molecule has 1 heterocycles. The van der Waals surface area contributed by atoms with E-state index in [1.54, 1.807) is 13.2 Å². The average Bonchev–Trinajstić information content (AvgIpc) is 3.02. The molecule has 2 N–H and O–H groups in total. The number of carbonyl (C=O) groups is 1. The molecule has 0 saturated carbocycles. The van der Waals surface area contributed by atoms with E-state index in [2.05, 4.69) is 15.6 Å². The number of ether oxygens (including phenoxy) is 1. The summed E-state index contributed by atoms with van der Waals surface area (Å²) in [6.07, 6.45) is 0. The van der Waals surface area contributed by atoms with Gasteiger partial charge in [-0.15, -0.1) is 0 Å². The fourth-order valence-electron chi connectivity index (χ4n) is 2.72. The van der Waals surface area contributed by atoms with Crippen molar-refractivity contribution >= 4 is 32.6 Å². The third kappa shape index (κ3) is 4.24. The van der Waals surface area contributed by atoms with E-state index >= 15 is 0 Å². The van der Waals surface area contributed by atoms with E-state index in [1.807, 2.05) is 37.3 Å². The number of anilines is 1. The minimum Gasteiger partial charge on any atom is -0.382 e. The van der Waals surface area contributed by atoms with Gasteiger partial charge in [0.15, 0.2) is 5.13 Å². The number of hydrogen-bond acceptors (Lipinski definition) is 5. The Balaban J connectivity index is 1.66. The molecule has 2 aromatic carbocycles. The SMILES string of the molecule is COCC(C)(NCC(=O)Nc1nc2ccc(F)cc2s1)c1ccccc1.